The van der Waals surface area contributed by atoms with Crippen LogP contribution in [0.3, 0.4) is 0 Å². The molecule has 3 aromatic rings. The van der Waals surface area contributed by atoms with Gasteiger partial charge in [-0.1, -0.05) is 35.5 Å². The van der Waals surface area contributed by atoms with Crippen LogP contribution < -0.4 is 10.1 Å². The van der Waals surface area contributed by atoms with Gasteiger partial charge in [0, 0.05) is 19.7 Å². The molecule has 0 radical (unpaired) electrons. The van der Waals surface area contributed by atoms with Gasteiger partial charge in [-0.25, -0.2) is 0 Å². The van der Waals surface area contributed by atoms with E-state index in [0.717, 1.165) is 52.6 Å². The van der Waals surface area contributed by atoms with Crippen LogP contribution in [0.15, 0.2) is 52.0 Å². The van der Waals surface area contributed by atoms with Gasteiger partial charge >= 0.3 is 0 Å². The van der Waals surface area contributed by atoms with Crippen molar-refractivity contribution in [2.24, 2.45) is 4.99 Å². The van der Waals surface area contributed by atoms with E-state index in [9.17, 15) is 0 Å². The Morgan fingerprint density at radius 2 is 2.12 bits per heavy atom. The summed E-state index contributed by atoms with van der Waals surface area (Å²) in [6.07, 6.45) is 0. The average molecular weight is 336 g/mol. The summed E-state index contributed by atoms with van der Waals surface area (Å²) in [6.45, 7) is 2.31. The second-order valence-electron chi connectivity index (χ2n) is 6.02. The lowest BCUT2D eigenvalue weighted by Crippen LogP contribution is -2.34. The second kappa shape index (κ2) is 6.47. The molecule has 128 valence electrons. The van der Waals surface area contributed by atoms with Crippen LogP contribution in [-0.4, -0.2) is 43.3 Å². The van der Waals surface area contributed by atoms with Crippen LogP contribution in [0.1, 0.15) is 5.76 Å². The largest absolute Gasteiger partial charge is 0.496 e. The van der Waals surface area contributed by atoms with Gasteiger partial charge in [-0.2, -0.15) is 0 Å². The van der Waals surface area contributed by atoms with Gasteiger partial charge in [0.05, 0.1) is 25.8 Å². The normalized spacial score (nSPS) is 14.0. The molecule has 0 spiro atoms. The first kappa shape index (κ1) is 15.5. The molecule has 1 aromatic heterocycles. The second-order valence-corrected chi connectivity index (χ2v) is 6.02. The van der Waals surface area contributed by atoms with Crippen LogP contribution in [0.5, 0.6) is 5.75 Å². The number of rotatable bonds is 4. The van der Waals surface area contributed by atoms with Crippen molar-refractivity contribution >= 4 is 16.7 Å². The Balaban J connectivity index is 1.64. The number of likely N-dealkylation sites (N-methyl/N-ethyl adjacent to an activating group) is 1. The highest BCUT2D eigenvalue weighted by Gasteiger charge is 2.16. The van der Waals surface area contributed by atoms with Crippen molar-refractivity contribution in [3.05, 3.63) is 48.2 Å². The fraction of sp³-hybridized carbons (Fsp3) is 0.263. The van der Waals surface area contributed by atoms with Gasteiger partial charge in [0.1, 0.15) is 11.4 Å². The Kier molecular flexibility index (Phi) is 4.01. The monoisotopic (exact) mass is 336 g/mol. The van der Waals surface area contributed by atoms with E-state index in [4.69, 9.17) is 9.26 Å². The molecule has 0 fully saturated rings. The number of aromatic nitrogens is 1. The third-order valence-electron chi connectivity index (χ3n) is 4.41. The molecule has 0 unspecified atom stereocenters. The number of ether oxygens (including phenoxy) is 1. The van der Waals surface area contributed by atoms with E-state index in [1.165, 1.54) is 0 Å². The summed E-state index contributed by atoms with van der Waals surface area (Å²) in [7, 11) is 3.69. The molecular weight excluding hydrogens is 316 g/mol. The van der Waals surface area contributed by atoms with Crippen molar-refractivity contribution in [1.82, 2.24) is 15.4 Å². The Bertz CT molecular complexity index is 932. The molecule has 2 heterocycles. The quantitative estimate of drug-likeness (QED) is 0.794. The lowest BCUT2D eigenvalue weighted by atomic mass is 10.0. The van der Waals surface area contributed by atoms with E-state index in [-0.39, 0.29) is 0 Å². The molecule has 0 aliphatic carbocycles. The summed E-state index contributed by atoms with van der Waals surface area (Å²) in [5.41, 5.74) is 1.72. The number of fused-ring (bicyclic) bond motifs is 1. The molecule has 0 atom stereocenters. The Labute approximate surface area is 146 Å². The van der Waals surface area contributed by atoms with E-state index >= 15 is 0 Å². The number of methoxy groups -OCH3 is 1. The molecule has 1 aliphatic rings. The number of hydrogen-bond acceptors (Lipinski definition) is 6. The summed E-state index contributed by atoms with van der Waals surface area (Å²) < 4.78 is 11.1. The zero-order chi connectivity index (χ0) is 17.2. The topological polar surface area (TPSA) is 62.9 Å². The number of guanidine groups is 1. The van der Waals surface area contributed by atoms with Crippen LogP contribution in [-0.2, 0) is 6.54 Å². The minimum Gasteiger partial charge on any atom is -0.496 e. The molecule has 0 bridgehead atoms. The lowest BCUT2D eigenvalue weighted by molar-refractivity contribution is 0.379. The third-order valence-corrected chi connectivity index (χ3v) is 4.41. The van der Waals surface area contributed by atoms with Gasteiger partial charge in [0.25, 0.3) is 0 Å². The van der Waals surface area contributed by atoms with Gasteiger partial charge in [0.2, 0.25) is 0 Å². The van der Waals surface area contributed by atoms with Gasteiger partial charge < -0.3 is 19.5 Å². The number of nitrogens with one attached hydrogen (secondary N) is 1. The minimum atomic E-state index is 0.545. The van der Waals surface area contributed by atoms with E-state index in [2.05, 4.69) is 32.5 Å². The first-order chi connectivity index (χ1) is 12.3. The number of benzene rings is 2. The summed E-state index contributed by atoms with van der Waals surface area (Å²) >= 11 is 0. The van der Waals surface area contributed by atoms with Crippen molar-refractivity contribution in [2.45, 2.75) is 6.54 Å². The smallest absolute Gasteiger partial charge is 0.194 e. The predicted molar refractivity (Wildman–Crippen MR) is 97.8 cm³/mol. The van der Waals surface area contributed by atoms with E-state index in [0.29, 0.717) is 6.54 Å². The molecule has 2 aromatic carbocycles. The van der Waals surface area contributed by atoms with Crippen LogP contribution in [0.25, 0.3) is 22.0 Å². The van der Waals surface area contributed by atoms with E-state index in [1.807, 2.05) is 37.4 Å². The Morgan fingerprint density at radius 3 is 2.92 bits per heavy atom. The number of aliphatic imine (C=N–C) groups is 1. The maximum Gasteiger partial charge on any atom is 0.194 e. The standard InChI is InChI=1S/C19H20N4O2/c1-23-10-9-20-19(23)21-12-14-11-16(22-25-14)18-15-6-4-3-5-13(15)7-8-17(18)24-2/h3-8,11H,9-10,12H2,1-2H3,(H,20,21). The van der Waals surface area contributed by atoms with Crippen LogP contribution in [0.2, 0.25) is 0 Å². The summed E-state index contributed by atoms with van der Waals surface area (Å²) in [5, 5.41) is 9.78. The molecule has 4 rings (SSSR count). The van der Waals surface area contributed by atoms with Crippen LogP contribution in [0.4, 0.5) is 0 Å². The van der Waals surface area contributed by atoms with Gasteiger partial charge in [-0.3, -0.25) is 4.99 Å². The summed E-state index contributed by atoms with van der Waals surface area (Å²) in [4.78, 5) is 6.50. The summed E-state index contributed by atoms with van der Waals surface area (Å²) in [6, 6.07) is 14.2. The maximum absolute atomic E-state index is 5.55. The molecule has 25 heavy (non-hydrogen) atoms. The average Bonchev–Trinajstić information content (AvgIpc) is 3.27. The maximum atomic E-state index is 5.55. The molecule has 1 N–H and O–H groups in total. The highest BCUT2D eigenvalue weighted by atomic mass is 16.5. The van der Waals surface area contributed by atoms with Crippen molar-refractivity contribution in [1.29, 1.82) is 0 Å². The highest BCUT2D eigenvalue weighted by molar-refractivity contribution is 5.98. The van der Waals surface area contributed by atoms with Crippen LogP contribution >= 0.6 is 0 Å². The predicted octanol–water partition coefficient (Wildman–Crippen LogP) is 2.89. The lowest BCUT2D eigenvalue weighted by Gasteiger charge is -2.13. The van der Waals surface area contributed by atoms with Crippen molar-refractivity contribution < 1.29 is 9.26 Å². The van der Waals surface area contributed by atoms with Gasteiger partial charge in [-0.15, -0.1) is 0 Å². The van der Waals surface area contributed by atoms with Gasteiger partial charge in [0.15, 0.2) is 11.7 Å². The fourth-order valence-corrected chi connectivity index (χ4v) is 3.09. The van der Waals surface area contributed by atoms with E-state index < -0.39 is 0 Å². The van der Waals surface area contributed by atoms with Crippen molar-refractivity contribution in [3.8, 4) is 17.0 Å². The third kappa shape index (κ3) is 2.91. The summed E-state index contributed by atoms with van der Waals surface area (Å²) in [5.74, 6) is 2.43. The van der Waals surface area contributed by atoms with Crippen molar-refractivity contribution in [3.63, 3.8) is 0 Å². The first-order valence-electron chi connectivity index (χ1n) is 8.27. The SMILES string of the molecule is COc1ccc2ccccc2c1-c1cc(CNC2=NCCN2C)on1. The Hall–Kier alpha value is -3.02. The molecule has 1 aliphatic heterocycles. The molecule has 0 saturated heterocycles. The van der Waals surface area contributed by atoms with Gasteiger partial charge in [-0.05, 0) is 16.8 Å². The fourth-order valence-electron chi connectivity index (χ4n) is 3.09. The number of nitrogens with zero attached hydrogens (tertiary/aromatic N) is 3. The Morgan fingerprint density at radius 1 is 1.24 bits per heavy atom. The van der Waals surface area contributed by atoms with Crippen molar-refractivity contribution in [2.75, 3.05) is 27.2 Å². The zero-order valence-electron chi connectivity index (χ0n) is 14.3. The molecule has 6 heteroatoms. The molecule has 0 saturated carbocycles. The molecule has 6 nitrogen and oxygen atoms in total. The number of hydrogen-bond donors (Lipinski definition) is 1. The first-order valence-corrected chi connectivity index (χ1v) is 8.27. The molecular formula is C19H20N4O2. The highest BCUT2D eigenvalue weighted by Crippen LogP contribution is 2.36. The molecule has 0 amide bonds. The van der Waals surface area contributed by atoms with E-state index in [1.54, 1.807) is 7.11 Å². The minimum absolute atomic E-state index is 0.545. The zero-order valence-corrected chi connectivity index (χ0v) is 14.3. The van der Waals surface area contributed by atoms with Crippen LogP contribution in [0, 0.1) is 0 Å².